The average molecular weight is 410 g/mol. The Morgan fingerprint density at radius 3 is 1.48 bits per heavy atom. The highest BCUT2D eigenvalue weighted by Crippen LogP contribution is 2.15. The minimum absolute atomic E-state index is 0.0116. The van der Waals surface area contributed by atoms with Crippen LogP contribution in [0.25, 0.3) is 0 Å². The molecule has 0 aromatic heterocycles. The molecule has 1 fully saturated rings. The van der Waals surface area contributed by atoms with Crippen molar-refractivity contribution < 1.29 is 19.5 Å². The number of hydrogen-bond donors (Lipinski definition) is 1. The van der Waals surface area contributed by atoms with Crippen molar-refractivity contribution in [2.24, 2.45) is 5.41 Å². The number of carboxylic acid groups (broad SMARTS) is 1. The van der Waals surface area contributed by atoms with Crippen LogP contribution in [0.1, 0.15) is 27.7 Å². The van der Waals surface area contributed by atoms with Gasteiger partial charge in [0.15, 0.2) is 13.6 Å². The van der Waals surface area contributed by atoms with E-state index in [1.54, 1.807) is 7.85 Å². The van der Waals surface area contributed by atoms with Crippen molar-refractivity contribution in [3.05, 3.63) is 0 Å². The van der Waals surface area contributed by atoms with Gasteiger partial charge in [0.2, 0.25) is 0 Å². The van der Waals surface area contributed by atoms with Crippen molar-refractivity contribution in [2.75, 3.05) is 78.5 Å². The molecule has 0 bridgehead atoms. The van der Waals surface area contributed by atoms with E-state index in [0.29, 0.717) is 45.8 Å². The van der Waals surface area contributed by atoms with Crippen molar-refractivity contribution in [2.45, 2.75) is 27.7 Å². The predicted octanol–water partition coefficient (Wildman–Crippen LogP) is -0.913. The summed E-state index contributed by atoms with van der Waals surface area (Å²) in [5, 5.41) is 9.21. The Kier molecular flexibility index (Phi) is 11.0. The average Bonchev–Trinajstić information content (AvgIpc) is 2.60. The smallest absolute Gasteiger partial charge is 0.317 e. The van der Waals surface area contributed by atoms with Gasteiger partial charge in [0.05, 0.1) is 18.8 Å². The van der Waals surface area contributed by atoms with E-state index in [-0.39, 0.29) is 23.4 Å². The largest absolute Gasteiger partial charge is 0.480 e. The summed E-state index contributed by atoms with van der Waals surface area (Å²) in [7, 11) is 1.57. The third-order valence-corrected chi connectivity index (χ3v) is 5.39. The molecule has 0 aromatic carbocycles. The third-order valence-electron chi connectivity index (χ3n) is 5.39. The first-order chi connectivity index (χ1) is 13.5. The number of Topliss-reactive ketones (excluding diaryl/α,β-unsaturated/α-hetero) is 1. The van der Waals surface area contributed by atoms with Crippen molar-refractivity contribution in [3.63, 3.8) is 0 Å². The van der Waals surface area contributed by atoms with E-state index < -0.39 is 5.97 Å². The van der Waals surface area contributed by atoms with Crippen LogP contribution in [0.5, 0.6) is 0 Å². The second kappa shape index (κ2) is 12.4. The van der Waals surface area contributed by atoms with Crippen molar-refractivity contribution in [1.29, 1.82) is 0 Å². The van der Waals surface area contributed by atoms with Gasteiger partial charge >= 0.3 is 5.97 Å². The molecular formula is C20H39BN4O4. The van der Waals surface area contributed by atoms with Gasteiger partial charge in [0.1, 0.15) is 0 Å². The molecular weight excluding hydrogens is 371 g/mol. The van der Waals surface area contributed by atoms with E-state index in [1.807, 2.05) is 25.7 Å². The van der Waals surface area contributed by atoms with Gasteiger partial charge in [0.25, 0.3) is 0 Å². The lowest BCUT2D eigenvalue weighted by Gasteiger charge is -2.34. The highest BCUT2D eigenvalue weighted by Gasteiger charge is 2.24. The van der Waals surface area contributed by atoms with E-state index in [4.69, 9.17) is 0 Å². The molecule has 9 heteroatoms. The molecule has 29 heavy (non-hydrogen) atoms. The summed E-state index contributed by atoms with van der Waals surface area (Å²) in [6, 6.07) is 0. The lowest BCUT2D eigenvalue weighted by molar-refractivity contribution is -0.138. The van der Waals surface area contributed by atoms with Gasteiger partial charge < -0.3 is 14.8 Å². The Hall–Kier alpha value is -1.29. The normalized spacial score (nSPS) is 20.0. The molecule has 1 aliphatic rings. The summed E-state index contributed by atoms with van der Waals surface area (Å²) in [6.45, 7) is 15.3. The Morgan fingerprint density at radius 1 is 0.759 bits per heavy atom. The molecule has 0 atom stereocenters. The molecule has 0 unspecified atom stereocenters. The Morgan fingerprint density at radius 2 is 1.14 bits per heavy atom. The van der Waals surface area contributed by atoms with Crippen LogP contribution in [-0.4, -0.2) is 129 Å². The van der Waals surface area contributed by atoms with E-state index in [0.717, 1.165) is 26.2 Å². The predicted molar refractivity (Wildman–Crippen MR) is 117 cm³/mol. The van der Waals surface area contributed by atoms with E-state index in [9.17, 15) is 19.5 Å². The molecule has 1 N–H and O–H groups in total. The van der Waals surface area contributed by atoms with Crippen LogP contribution in [0.4, 0.5) is 0 Å². The number of rotatable bonds is 7. The van der Waals surface area contributed by atoms with Gasteiger partial charge in [0, 0.05) is 64.3 Å². The highest BCUT2D eigenvalue weighted by atomic mass is 16.4. The molecule has 0 radical (unpaired) electrons. The fourth-order valence-corrected chi connectivity index (χ4v) is 3.32. The van der Waals surface area contributed by atoms with Gasteiger partial charge in [-0.15, -0.1) is 0 Å². The van der Waals surface area contributed by atoms with Crippen LogP contribution >= 0.6 is 0 Å². The minimum Gasteiger partial charge on any atom is -0.480 e. The van der Waals surface area contributed by atoms with Gasteiger partial charge in [-0.05, 0) is 6.54 Å². The topological polar surface area (TPSA) is 84.4 Å². The zero-order valence-electron chi connectivity index (χ0n) is 18.9. The van der Waals surface area contributed by atoms with Gasteiger partial charge in [-0.1, -0.05) is 27.7 Å². The summed E-state index contributed by atoms with van der Waals surface area (Å²) in [5.74, 6) is -0.608. The zero-order valence-corrected chi connectivity index (χ0v) is 18.9. The summed E-state index contributed by atoms with van der Waals surface area (Å²) >= 11 is 0. The standard InChI is InChI=1S/C20H39BN4O4/c1-5-22-6-8-23(14-17(26)20(2,3)4)10-11-24(15-18(21)27)12-13-25(9-7-22)16-19(28)29/h5-16,21H2,1-4H3,(H,28,29). The first kappa shape index (κ1) is 25.8. The Balaban J connectivity index is 2.90. The van der Waals surface area contributed by atoms with E-state index >= 15 is 0 Å². The number of carbonyl (C=O) groups excluding carboxylic acids is 2. The molecule has 0 aliphatic carbocycles. The van der Waals surface area contributed by atoms with Gasteiger partial charge in [-0.25, -0.2) is 0 Å². The molecule has 1 saturated heterocycles. The molecule has 1 rings (SSSR count). The number of carbonyl (C=O) groups is 3. The minimum atomic E-state index is -0.829. The summed E-state index contributed by atoms with van der Waals surface area (Å²) < 4.78 is 0. The maximum absolute atomic E-state index is 12.6. The van der Waals surface area contributed by atoms with E-state index in [2.05, 4.69) is 21.6 Å². The molecule has 1 aliphatic heterocycles. The van der Waals surface area contributed by atoms with Crippen molar-refractivity contribution in [1.82, 2.24) is 19.6 Å². The lowest BCUT2D eigenvalue weighted by Crippen LogP contribution is -2.49. The highest BCUT2D eigenvalue weighted by molar-refractivity contribution is 6.58. The first-order valence-corrected chi connectivity index (χ1v) is 10.6. The second-order valence-corrected chi connectivity index (χ2v) is 9.03. The molecule has 8 nitrogen and oxygen atoms in total. The van der Waals surface area contributed by atoms with Gasteiger partial charge in [-0.2, -0.15) is 0 Å². The molecule has 0 amide bonds. The summed E-state index contributed by atoms with van der Waals surface area (Å²) in [5.41, 5.74) is -0.277. The number of carboxylic acids is 1. The van der Waals surface area contributed by atoms with Crippen LogP contribution in [0.15, 0.2) is 0 Å². The third kappa shape index (κ3) is 10.9. The fraction of sp³-hybridized carbons (Fsp3) is 0.850. The molecule has 0 aromatic rings. The fourth-order valence-electron chi connectivity index (χ4n) is 3.32. The lowest BCUT2D eigenvalue weighted by atomic mass is 9.90. The van der Waals surface area contributed by atoms with Crippen LogP contribution < -0.4 is 0 Å². The summed E-state index contributed by atoms with van der Waals surface area (Å²) in [6.07, 6.45) is 0. The first-order valence-electron chi connectivity index (χ1n) is 10.6. The maximum Gasteiger partial charge on any atom is 0.317 e. The van der Waals surface area contributed by atoms with Crippen LogP contribution in [0.3, 0.4) is 0 Å². The maximum atomic E-state index is 12.6. The van der Waals surface area contributed by atoms with Crippen LogP contribution in [0.2, 0.25) is 0 Å². The Labute approximate surface area is 176 Å². The number of aliphatic carboxylic acids is 1. The van der Waals surface area contributed by atoms with Crippen molar-refractivity contribution in [3.8, 4) is 0 Å². The molecule has 0 saturated carbocycles. The van der Waals surface area contributed by atoms with Gasteiger partial charge in [-0.3, -0.25) is 24.3 Å². The van der Waals surface area contributed by atoms with E-state index in [1.165, 1.54) is 0 Å². The van der Waals surface area contributed by atoms with Crippen molar-refractivity contribution >= 4 is 25.3 Å². The number of likely N-dealkylation sites (N-methyl/N-ethyl adjacent to an activating group) is 1. The van der Waals surface area contributed by atoms with Crippen LogP contribution in [-0.2, 0) is 14.4 Å². The molecule has 166 valence electrons. The monoisotopic (exact) mass is 410 g/mol. The number of nitrogens with zero attached hydrogens (tertiary/aromatic N) is 4. The number of hydrogen-bond acceptors (Lipinski definition) is 7. The molecule has 1 heterocycles. The second-order valence-electron chi connectivity index (χ2n) is 9.03. The SMILES string of the molecule is BC(=O)CN1CCN(CC(=O)O)CCN(CC)CCN(CC(=O)C(C)(C)C)CC1. The number of ketones is 1. The summed E-state index contributed by atoms with van der Waals surface area (Å²) in [4.78, 5) is 44.0. The molecule has 0 spiro atoms. The quantitative estimate of drug-likeness (QED) is 0.540. The Bertz CT molecular complexity index is 553. The zero-order chi connectivity index (χ0) is 22.0. The van der Waals surface area contributed by atoms with Crippen LogP contribution in [0, 0.1) is 5.41 Å².